The van der Waals surface area contributed by atoms with Crippen LogP contribution in [0.4, 0.5) is 8.78 Å². The molecule has 0 radical (unpaired) electrons. The van der Waals surface area contributed by atoms with E-state index < -0.39 is 11.8 Å². The van der Waals surface area contributed by atoms with Crippen molar-refractivity contribution < 1.29 is 18.7 Å². The molecular weight excluding hydrogens is 276 g/mol. The van der Waals surface area contributed by atoms with Crippen LogP contribution >= 0.6 is 0 Å². The van der Waals surface area contributed by atoms with Gasteiger partial charge in [-0.15, -0.1) is 0 Å². The third-order valence-corrected chi connectivity index (χ3v) is 3.38. The Morgan fingerprint density at radius 1 is 1.10 bits per heavy atom. The van der Waals surface area contributed by atoms with Crippen LogP contribution in [-0.4, -0.2) is 15.6 Å². The summed E-state index contributed by atoms with van der Waals surface area (Å²) in [5.41, 5.74) is 0.958. The number of nitrogens with zero attached hydrogens (tertiary/aromatic N) is 1. The first-order valence-corrected chi connectivity index (χ1v) is 6.31. The second-order valence-corrected chi connectivity index (χ2v) is 4.74. The number of carboxylic acid groups (broad SMARTS) is 1. The van der Waals surface area contributed by atoms with Crippen LogP contribution in [0, 0.1) is 11.6 Å². The van der Waals surface area contributed by atoms with Crippen molar-refractivity contribution in [2.24, 2.45) is 0 Å². The number of hydrogen-bond acceptors (Lipinski definition) is 1. The van der Waals surface area contributed by atoms with E-state index in [4.69, 9.17) is 5.11 Å². The summed E-state index contributed by atoms with van der Waals surface area (Å²) in [6, 6.07) is 10.4. The third kappa shape index (κ3) is 2.38. The van der Waals surface area contributed by atoms with Crippen molar-refractivity contribution in [1.82, 2.24) is 4.57 Å². The fourth-order valence-electron chi connectivity index (χ4n) is 2.35. The van der Waals surface area contributed by atoms with Crippen LogP contribution in [0.3, 0.4) is 0 Å². The molecule has 0 aliphatic rings. The molecule has 5 heteroatoms. The van der Waals surface area contributed by atoms with E-state index in [2.05, 4.69) is 0 Å². The largest absolute Gasteiger partial charge is 0.478 e. The number of carboxylic acids is 1. The second-order valence-electron chi connectivity index (χ2n) is 4.74. The molecule has 0 amide bonds. The number of aromatic nitrogens is 1. The van der Waals surface area contributed by atoms with Crippen LogP contribution < -0.4 is 0 Å². The maximum atomic E-state index is 13.7. The Balaban J connectivity index is 1.97. The molecule has 0 bridgehead atoms. The maximum absolute atomic E-state index is 13.7. The SMILES string of the molecule is O=C(O)c1ccc(Cn2ccc3c(F)cccc32)cc1F. The molecule has 3 nitrogen and oxygen atoms in total. The van der Waals surface area contributed by atoms with Gasteiger partial charge in [-0.2, -0.15) is 0 Å². The van der Waals surface area contributed by atoms with E-state index in [0.29, 0.717) is 23.0 Å². The lowest BCUT2D eigenvalue weighted by molar-refractivity contribution is 0.0692. The van der Waals surface area contributed by atoms with E-state index in [9.17, 15) is 13.6 Å². The average molecular weight is 287 g/mol. The van der Waals surface area contributed by atoms with Crippen LogP contribution in [0.15, 0.2) is 48.7 Å². The van der Waals surface area contributed by atoms with Gasteiger partial charge in [0.2, 0.25) is 0 Å². The number of hydrogen-bond donors (Lipinski definition) is 1. The standard InChI is InChI=1S/C16H11F2NO2/c17-13-2-1-3-15-11(13)6-7-19(15)9-10-4-5-12(16(20)21)14(18)8-10/h1-8H,9H2,(H,20,21). The van der Waals surface area contributed by atoms with E-state index in [1.807, 2.05) is 0 Å². The van der Waals surface area contributed by atoms with Gasteiger partial charge in [-0.3, -0.25) is 0 Å². The van der Waals surface area contributed by atoms with Crippen molar-refractivity contribution in [3.8, 4) is 0 Å². The Hall–Kier alpha value is -2.69. The minimum atomic E-state index is -1.30. The average Bonchev–Trinajstić information content (AvgIpc) is 2.83. The molecule has 3 aromatic rings. The lowest BCUT2D eigenvalue weighted by atomic mass is 10.1. The van der Waals surface area contributed by atoms with Gasteiger partial charge in [0.25, 0.3) is 0 Å². The zero-order valence-electron chi connectivity index (χ0n) is 10.9. The van der Waals surface area contributed by atoms with Gasteiger partial charge in [0, 0.05) is 18.1 Å². The Labute approximate surface area is 119 Å². The Morgan fingerprint density at radius 3 is 2.62 bits per heavy atom. The number of carbonyl (C=O) groups is 1. The van der Waals surface area contributed by atoms with E-state index in [-0.39, 0.29) is 11.4 Å². The van der Waals surface area contributed by atoms with Crippen LogP contribution in [0.25, 0.3) is 10.9 Å². The highest BCUT2D eigenvalue weighted by Gasteiger charge is 2.11. The molecule has 0 unspecified atom stereocenters. The third-order valence-electron chi connectivity index (χ3n) is 3.38. The van der Waals surface area contributed by atoms with Crippen LogP contribution in [0.1, 0.15) is 15.9 Å². The molecule has 21 heavy (non-hydrogen) atoms. The van der Waals surface area contributed by atoms with Crippen LogP contribution in [-0.2, 0) is 6.54 Å². The summed E-state index contributed by atoms with van der Waals surface area (Å²) in [6.07, 6.45) is 1.72. The maximum Gasteiger partial charge on any atom is 0.338 e. The Kier molecular flexibility index (Phi) is 3.17. The van der Waals surface area contributed by atoms with Crippen molar-refractivity contribution in [2.75, 3.05) is 0 Å². The molecule has 1 heterocycles. The van der Waals surface area contributed by atoms with Gasteiger partial charge in [-0.25, -0.2) is 13.6 Å². The fraction of sp³-hybridized carbons (Fsp3) is 0.0625. The normalized spacial score (nSPS) is 11.0. The molecule has 0 atom stereocenters. The molecule has 3 rings (SSSR count). The molecule has 0 fully saturated rings. The first-order valence-electron chi connectivity index (χ1n) is 6.31. The van der Waals surface area contributed by atoms with E-state index >= 15 is 0 Å². The van der Waals surface area contributed by atoms with Crippen LogP contribution in [0.5, 0.6) is 0 Å². The molecule has 0 spiro atoms. The molecule has 1 aromatic heterocycles. The van der Waals surface area contributed by atoms with Gasteiger partial charge in [0.1, 0.15) is 11.6 Å². The first kappa shape index (κ1) is 13.3. The number of aromatic carboxylic acids is 1. The Bertz CT molecular complexity index is 839. The summed E-state index contributed by atoms with van der Waals surface area (Å²) in [7, 11) is 0. The molecular formula is C16H11F2NO2. The smallest absolute Gasteiger partial charge is 0.338 e. The highest BCUT2D eigenvalue weighted by molar-refractivity contribution is 5.88. The first-order chi connectivity index (χ1) is 10.1. The highest BCUT2D eigenvalue weighted by Crippen LogP contribution is 2.20. The van der Waals surface area contributed by atoms with Gasteiger partial charge >= 0.3 is 5.97 Å². The zero-order chi connectivity index (χ0) is 15.0. The number of rotatable bonds is 3. The highest BCUT2D eigenvalue weighted by atomic mass is 19.1. The quantitative estimate of drug-likeness (QED) is 0.798. The predicted octanol–water partition coefficient (Wildman–Crippen LogP) is 3.67. The van der Waals surface area contributed by atoms with Crippen molar-refractivity contribution in [1.29, 1.82) is 0 Å². The van der Waals surface area contributed by atoms with Crippen LogP contribution in [0.2, 0.25) is 0 Å². The van der Waals surface area contributed by atoms with Gasteiger partial charge in [0.05, 0.1) is 11.1 Å². The summed E-state index contributed by atoms with van der Waals surface area (Å²) in [6.45, 7) is 0.337. The van der Waals surface area contributed by atoms with E-state index in [1.54, 1.807) is 35.0 Å². The summed E-state index contributed by atoms with van der Waals surface area (Å²) in [4.78, 5) is 10.8. The number of fused-ring (bicyclic) bond motifs is 1. The summed E-state index contributed by atoms with van der Waals surface area (Å²) >= 11 is 0. The number of halogens is 2. The Morgan fingerprint density at radius 2 is 1.90 bits per heavy atom. The molecule has 0 saturated carbocycles. The van der Waals surface area contributed by atoms with Gasteiger partial charge in [-0.1, -0.05) is 12.1 Å². The predicted molar refractivity (Wildman–Crippen MR) is 74.4 cm³/mol. The molecule has 106 valence electrons. The van der Waals surface area contributed by atoms with E-state index in [1.165, 1.54) is 18.2 Å². The summed E-state index contributed by atoms with van der Waals surface area (Å²) in [5.74, 6) is -2.38. The van der Waals surface area contributed by atoms with Gasteiger partial charge in [0.15, 0.2) is 0 Å². The van der Waals surface area contributed by atoms with Crippen molar-refractivity contribution >= 4 is 16.9 Å². The molecule has 2 aromatic carbocycles. The lowest BCUT2D eigenvalue weighted by Gasteiger charge is -2.07. The molecule has 1 N–H and O–H groups in total. The minimum absolute atomic E-state index is 0.307. The molecule has 0 aliphatic heterocycles. The lowest BCUT2D eigenvalue weighted by Crippen LogP contribution is -2.03. The van der Waals surface area contributed by atoms with Gasteiger partial charge < -0.3 is 9.67 Å². The van der Waals surface area contributed by atoms with Crippen molar-refractivity contribution in [3.05, 3.63) is 71.4 Å². The van der Waals surface area contributed by atoms with Crippen molar-refractivity contribution in [2.45, 2.75) is 6.54 Å². The fourth-order valence-corrected chi connectivity index (χ4v) is 2.35. The monoisotopic (exact) mass is 287 g/mol. The topological polar surface area (TPSA) is 42.2 Å². The zero-order valence-corrected chi connectivity index (χ0v) is 10.9. The number of benzene rings is 2. The molecule has 0 aliphatic carbocycles. The van der Waals surface area contributed by atoms with Gasteiger partial charge in [-0.05, 0) is 35.9 Å². The van der Waals surface area contributed by atoms with E-state index in [0.717, 1.165) is 0 Å². The second kappa shape index (κ2) is 5.01. The summed E-state index contributed by atoms with van der Waals surface area (Å²) < 4.78 is 29.0. The molecule has 0 saturated heterocycles. The minimum Gasteiger partial charge on any atom is -0.478 e. The summed E-state index contributed by atoms with van der Waals surface area (Å²) in [5, 5.41) is 9.30. The van der Waals surface area contributed by atoms with Crippen molar-refractivity contribution in [3.63, 3.8) is 0 Å².